The Hall–Kier alpha value is -3.69. The first-order valence-electron chi connectivity index (χ1n) is 13.8. The first-order valence-corrected chi connectivity index (χ1v) is 14.2. The summed E-state index contributed by atoms with van der Waals surface area (Å²) in [7, 11) is 1.68. The van der Waals surface area contributed by atoms with E-state index in [1.807, 2.05) is 24.3 Å². The minimum Gasteiger partial charge on any atom is -0.369 e. The van der Waals surface area contributed by atoms with Crippen molar-refractivity contribution in [1.82, 2.24) is 14.8 Å². The standard InChI is InChI=1S/C31H35ClFN5O3/c1-19-17-23(7-10-25(19)33)34-29(40)26-20(2)27(36(4)21(26)3)28(39)30(41)35-31(11-12-31)18-37-13-15-38(16-14-37)24-8-5-22(32)6-9-24/h5-10,17H,11-16,18H2,1-4H3,(H,34,40)(H,35,41). The molecule has 2 aromatic carbocycles. The Morgan fingerprint density at radius 2 is 1.63 bits per heavy atom. The maximum atomic E-state index is 13.7. The summed E-state index contributed by atoms with van der Waals surface area (Å²) >= 11 is 6.02. The highest BCUT2D eigenvalue weighted by Gasteiger charge is 2.47. The van der Waals surface area contributed by atoms with Crippen molar-refractivity contribution >= 4 is 40.6 Å². The summed E-state index contributed by atoms with van der Waals surface area (Å²) in [5.74, 6) is -2.10. The zero-order valence-corrected chi connectivity index (χ0v) is 24.6. The molecule has 1 aromatic heterocycles. The SMILES string of the molecule is Cc1cc(NC(=O)c2c(C)c(C(=O)C(=O)NC3(CN4CCN(c5ccc(Cl)cc5)CC4)CC3)n(C)c2C)ccc1F. The number of carbonyl (C=O) groups is 3. The number of ketones is 1. The first kappa shape index (κ1) is 28.8. The Morgan fingerprint density at radius 3 is 2.24 bits per heavy atom. The normalized spacial score (nSPS) is 16.4. The number of amides is 2. The van der Waals surface area contributed by atoms with Crippen molar-refractivity contribution in [2.24, 2.45) is 7.05 Å². The van der Waals surface area contributed by atoms with Gasteiger partial charge < -0.3 is 20.1 Å². The smallest absolute Gasteiger partial charge is 0.294 e. The third kappa shape index (κ3) is 6.01. The lowest BCUT2D eigenvalue weighted by Crippen LogP contribution is -2.53. The van der Waals surface area contributed by atoms with Crippen LogP contribution in [0.4, 0.5) is 15.8 Å². The number of benzene rings is 2. The highest BCUT2D eigenvalue weighted by molar-refractivity contribution is 6.43. The maximum absolute atomic E-state index is 13.7. The van der Waals surface area contributed by atoms with E-state index in [4.69, 9.17) is 11.6 Å². The number of aromatic nitrogens is 1. The van der Waals surface area contributed by atoms with Gasteiger partial charge in [-0.15, -0.1) is 0 Å². The van der Waals surface area contributed by atoms with Gasteiger partial charge in [-0.1, -0.05) is 11.6 Å². The zero-order chi connectivity index (χ0) is 29.5. The molecule has 0 spiro atoms. The number of rotatable bonds is 8. The quantitative estimate of drug-likeness (QED) is 0.300. The van der Waals surface area contributed by atoms with Gasteiger partial charge in [-0.3, -0.25) is 19.3 Å². The molecule has 2 amide bonds. The average molecular weight is 580 g/mol. The molecule has 0 atom stereocenters. The van der Waals surface area contributed by atoms with Crippen LogP contribution in [0.15, 0.2) is 42.5 Å². The van der Waals surface area contributed by atoms with Crippen LogP contribution in [0.2, 0.25) is 5.02 Å². The van der Waals surface area contributed by atoms with Crippen LogP contribution in [0, 0.1) is 26.6 Å². The fraction of sp³-hybridized carbons (Fsp3) is 0.387. The molecule has 1 aliphatic heterocycles. The molecular weight excluding hydrogens is 545 g/mol. The Kier molecular flexibility index (Phi) is 7.94. The number of piperazine rings is 1. The average Bonchev–Trinajstić information content (AvgIpc) is 3.65. The third-order valence-corrected chi connectivity index (χ3v) is 8.57. The summed E-state index contributed by atoms with van der Waals surface area (Å²) in [5, 5.41) is 6.51. The number of carbonyl (C=O) groups excluding carboxylic acids is 3. The van der Waals surface area contributed by atoms with Crippen LogP contribution in [0.3, 0.4) is 0 Å². The van der Waals surface area contributed by atoms with Gasteiger partial charge in [0.1, 0.15) is 5.82 Å². The maximum Gasteiger partial charge on any atom is 0.294 e. The molecule has 1 saturated heterocycles. The molecule has 10 heteroatoms. The molecule has 2 N–H and O–H groups in total. The predicted molar refractivity (Wildman–Crippen MR) is 159 cm³/mol. The Morgan fingerprint density at radius 1 is 0.976 bits per heavy atom. The van der Waals surface area contributed by atoms with E-state index in [2.05, 4.69) is 20.4 Å². The topological polar surface area (TPSA) is 86.7 Å². The molecule has 216 valence electrons. The number of nitrogens with one attached hydrogen (secondary N) is 2. The molecule has 2 aliphatic rings. The van der Waals surface area contributed by atoms with E-state index in [1.54, 1.807) is 38.5 Å². The summed E-state index contributed by atoms with van der Waals surface area (Å²) in [6, 6.07) is 12.2. The van der Waals surface area contributed by atoms with Crippen LogP contribution < -0.4 is 15.5 Å². The fourth-order valence-electron chi connectivity index (χ4n) is 5.67. The molecule has 5 rings (SSSR count). The molecule has 0 unspecified atom stereocenters. The van der Waals surface area contributed by atoms with E-state index < -0.39 is 23.1 Å². The number of anilines is 2. The summed E-state index contributed by atoms with van der Waals surface area (Å²) in [4.78, 5) is 44.4. The monoisotopic (exact) mass is 579 g/mol. The van der Waals surface area contributed by atoms with Crippen molar-refractivity contribution in [3.8, 4) is 0 Å². The van der Waals surface area contributed by atoms with Crippen molar-refractivity contribution < 1.29 is 18.8 Å². The lowest BCUT2D eigenvalue weighted by molar-refractivity contribution is -0.118. The van der Waals surface area contributed by atoms with Crippen LogP contribution in [0.1, 0.15) is 50.5 Å². The van der Waals surface area contributed by atoms with Crippen molar-refractivity contribution in [3.05, 3.63) is 81.4 Å². The Bertz CT molecular complexity index is 1500. The highest BCUT2D eigenvalue weighted by atomic mass is 35.5. The van der Waals surface area contributed by atoms with E-state index >= 15 is 0 Å². The van der Waals surface area contributed by atoms with Crippen LogP contribution >= 0.6 is 11.6 Å². The second-order valence-electron chi connectivity index (χ2n) is 11.2. The van der Waals surface area contributed by atoms with E-state index in [1.165, 1.54) is 12.1 Å². The minimum absolute atomic E-state index is 0.188. The molecule has 0 bridgehead atoms. The summed E-state index contributed by atoms with van der Waals surface area (Å²) in [6.45, 7) is 9.17. The van der Waals surface area contributed by atoms with Crippen molar-refractivity contribution in [2.75, 3.05) is 42.9 Å². The number of hydrogen-bond acceptors (Lipinski definition) is 5. The second-order valence-corrected chi connectivity index (χ2v) is 11.7. The van der Waals surface area contributed by atoms with Crippen molar-refractivity contribution in [2.45, 2.75) is 39.2 Å². The molecule has 1 aliphatic carbocycles. The van der Waals surface area contributed by atoms with Crippen LogP contribution in [0.25, 0.3) is 0 Å². The van der Waals surface area contributed by atoms with E-state index in [0.29, 0.717) is 39.6 Å². The van der Waals surface area contributed by atoms with Gasteiger partial charge in [0, 0.05) is 61.9 Å². The van der Waals surface area contributed by atoms with Gasteiger partial charge >= 0.3 is 0 Å². The van der Waals surface area contributed by atoms with Crippen molar-refractivity contribution in [1.29, 1.82) is 0 Å². The van der Waals surface area contributed by atoms with Crippen LogP contribution in [-0.2, 0) is 11.8 Å². The van der Waals surface area contributed by atoms with Crippen LogP contribution in [-0.4, -0.2) is 65.3 Å². The van der Waals surface area contributed by atoms with E-state index in [-0.39, 0.29) is 11.5 Å². The molecule has 0 radical (unpaired) electrons. The van der Waals surface area contributed by atoms with Crippen molar-refractivity contribution in [3.63, 3.8) is 0 Å². The number of hydrogen-bond donors (Lipinski definition) is 2. The fourth-order valence-corrected chi connectivity index (χ4v) is 5.80. The van der Waals surface area contributed by atoms with Gasteiger partial charge in [-0.25, -0.2) is 4.39 Å². The lowest BCUT2D eigenvalue weighted by atomic mass is 10.1. The van der Waals surface area contributed by atoms with Gasteiger partial charge in [-0.2, -0.15) is 0 Å². The number of nitrogens with zero attached hydrogens (tertiary/aromatic N) is 3. The predicted octanol–water partition coefficient (Wildman–Crippen LogP) is 4.65. The molecule has 1 saturated carbocycles. The lowest BCUT2D eigenvalue weighted by Gasteiger charge is -2.38. The molecule has 3 aromatic rings. The summed E-state index contributed by atoms with van der Waals surface area (Å²) in [5.41, 5.74) is 3.10. The molecule has 2 heterocycles. The van der Waals surface area contributed by atoms with Gasteiger partial charge in [0.25, 0.3) is 17.6 Å². The Labute approximate surface area is 244 Å². The number of aryl methyl sites for hydroxylation is 1. The minimum atomic E-state index is -0.663. The van der Waals surface area contributed by atoms with E-state index in [0.717, 1.165) is 44.7 Å². The summed E-state index contributed by atoms with van der Waals surface area (Å²) < 4.78 is 15.2. The first-order chi connectivity index (χ1) is 19.5. The number of Topliss-reactive ketones (excluding diaryl/α,β-unsaturated/α-hetero) is 1. The summed E-state index contributed by atoms with van der Waals surface area (Å²) in [6.07, 6.45) is 1.64. The van der Waals surface area contributed by atoms with Gasteiger partial charge in [0.15, 0.2) is 0 Å². The van der Waals surface area contributed by atoms with Gasteiger partial charge in [-0.05, 0) is 87.2 Å². The van der Waals surface area contributed by atoms with Crippen LogP contribution in [0.5, 0.6) is 0 Å². The Balaban J connectivity index is 1.22. The molecule has 2 fully saturated rings. The van der Waals surface area contributed by atoms with E-state index in [9.17, 15) is 18.8 Å². The molecule has 8 nitrogen and oxygen atoms in total. The second kappa shape index (κ2) is 11.3. The largest absolute Gasteiger partial charge is 0.369 e. The number of halogens is 2. The van der Waals surface area contributed by atoms with Gasteiger partial charge in [0.05, 0.1) is 16.8 Å². The zero-order valence-electron chi connectivity index (χ0n) is 23.8. The highest BCUT2D eigenvalue weighted by Crippen LogP contribution is 2.37. The van der Waals surface area contributed by atoms with Gasteiger partial charge in [0.2, 0.25) is 0 Å². The molecular formula is C31H35ClFN5O3. The molecule has 41 heavy (non-hydrogen) atoms. The third-order valence-electron chi connectivity index (χ3n) is 8.32.